The summed E-state index contributed by atoms with van der Waals surface area (Å²) < 4.78 is 0. The molecule has 0 heterocycles. The topological polar surface area (TPSA) is 0 Å². The Labute approximate surface area is 65.0 Å². The van der Waals surface area contributed by atoms with Crippen molar-refractivity contribution >= 4 is 0 Å². The summed E-state index contributed by atoms with van der Waals surface area (Å²) >= 11 is 0. The second-order valence-corrected chi connectivity index (χ2v) is 3.65. The molecule has 0 radical (unpaired) electrons. The molecule has 1 rings (SSSR count). The second kappa shape index (κ2) is 4.00. The number of rotatable bonds is 3. The maximum absolute atomic E-state index is 2.35. The Morgan fingerprint density at radius 1 is 1.10 bits per heavy atom. The third-order valence-corrected chi connectivity index (χ3v) is 3.00. The summed E-state index contributed by atoms with van der Waals surface area (Å²) in [5.74, 6) is 2.18. The summed E-state index contributed by atoms with van der Waals surface area (Å²) in [4.78, 5) is 0. The van der Waals surface area contributed by atoms with E-state index in [0.29, 0.717) is 0 Å². The molecular weight excluding hydrogens is 120 g/mol. The second-order valence-electron chi connectivity index (χ2n) is 3.65. The molecule has 0 aliphatic heterocycles. The van der Waals surface area contributed by atoms with Crippen LogP contribution < -0.4 is 0 Å². The van der Waals surface area contributed by atoms with E-state index in [-0.39, 0.29) is 0 Å². The largest absolute Gasteiger partial charge is 0.0654 e. The van der Waals surface area contributed by atoms with Gasteiger partial charge in [0.2, 0.25) is 0 Å². The van der Waals surface area contributed by atoms with Crippen molar-refractivity contribution in [2.45, 2.75) is 52.4 Å². The highest BCUT2D eigenvalue weighted by atomic mass is 14.3. The van der Waals surface area contributed by atoms with Crippen molar-refractivity contribution in [2.75, 3.05) is 0 Å². The third kappa shape index (κ3) is 1.74. The molecule has 60 valence electrons. The summed E-state index contributed by atoms with van der Waals surface area (Å²) in [7, 11) is 0. The molecule has 10 heavy (non-hydrogen) atoms. The first kappa shape index (κ1) is 8.10. The van der Waals surface area contributed by atoms with E-state index < -0.39 is 0 Å². The van der Waals surface area contributed by atoms with Gasteiger partial charge in [0.05, 0.1) is 0 Å². The highest BCUT2D eigenvalue weighted by Crippen LogP contribution is 2.36. The number of hydrogen-bond donors (Lipinski definition) is 0. The molecule has 1 unspecified atom stereocenters. The molecule has 1 aliphatic carbocycles. The van der Waals surface area contributed by atoms with Crippen LogP contribution in [0.25, 0.3) is 0 Å². The Kier molecular flexibility index (Phi) is 3.24. The first-order valence-electron chi connectivity index (χ1n) is 4.88. The van der Waals surface area contributed by atoms with Crippen LogP contribution in [0.4, 0.5) is 0 Å². The Morgan fingerprint density at radius 3 is 2.40 bits per heavy atom. The van der Waals surface area contributed by atoms with E-state index >= 15 is 0 Å². The predicted octanol–water partition coefficient (Wildman–Crippen LogP) is 3.61. The minimum atomic E-state index is 1.08. The molecule has 0 amide bonds. The van der Waals surface area contributed by atoms with Gasteiger partial charge in [0.1, 0.15) is 0 Å². The van der Waals surface area contributed by atoms with Gasteiger partial charge < -0.3 is 0 Å². The fraction of sp³-hybridized carbons (Fsp3) is 1.00. The zero-order valence-corrected chi connectivity index (χ0v) is 7.40. The standard InChI is InChI=1S/C10H20/c1-3-6-10-8-5-7-9(10)4-2/h9-10H,3-8H2,1-2H3/t9-,10?/m1/s1. The summed E-state index contributed by atoms with van der Waals surface area (Å²) in [6.07, 6.45) is 8.83. The van der Waals surface area contributed by atoms with Crippen LogP contribution in [0.2, 0.25) is 0 Å². The Balaban J connectivity index is 2.27. The average molecular weight is 140 g/mol. The van der Waals surface area contributed by atoms with Gasteiger partial charge in [0, 0.05) is 0 Å². The van der Waals surface area contributed by atoms with Gasteiger partial charge in [-0.15, -0.1) is 0 Å². The van der Waals surface area contributed by atoms with Crippen LogP contribution in [0.3, 0.4) is 0 Å². The maximum Gasteiger partial charge on any atom is -0.0386 e. The van der Waals surface area contributed by atoms with Gasteiger partial charge in [-0.25, -0.2) is 0 Å². The smallest absolute Gasteiger partial charge is 0.0386 e. The molecule has 0 nitrogen and oxygen atoms in total. The van der Waals surface area contributed by atoms with Crippen molar-refractivity contribution in [3.8, 4) is 0 Å². The molecule has 1 saturated carbocycles. The van der Waals surface area contributed by atoms with Crippen molar-refractivity contribution in [2.24, 2.45) is 11.8 Å². The molecule has 0 bridgehead atoms. The van der Waals surface area contributed by atoms with Crippen molar-refractivity contribution in [3.05, 3.63) is 0 Å². The summed E-state index contributed by atoms with van der Waals surface area (Å²) in [5, 5.41) is 0. The maximum atomic E-state index is 2.35. The summed E-state index contributed by atoms with van der Waals surface area (Å²) in [6, 6.07) is 0. The lowest BCUT2D eigenvalue weighted by Gasteiger charge is -2.16. The van der Waals surface area contributed by atoms with E-state index in [1.54, 1.807) is 0 Å². The van der Waals surface area contributed by atoms with E-state index in [1.165, 1.54) is 38.5 Å². The van der Waals surface area contributed by atoms with E-state index in [2.05, 4.69) is 13.8 Å². The monoisotopic (exact) mass is 140 g/mol. The molecule has 0 N–H and O–H groups in total. The van der Waals surface area contributed by atoms with E-state index in [1.807, 2.05) is 0 Å². The lowest BCUT2D eigenvalue weighted by molar-refractivity contribution is 0.352. The van der Waals surface area contributed by atoms with Crippen LogP contribution in [0.15, 0.2) is 0 Å². The zero-order valence-electron chi connectivity index (χ0n) is 7.40. The van der Waals surface area contributed by atoms with Gasteiger partial charge in [0.15, 0.2) is 0 Å². The molecule has 0 aromatic heterocycles. The molecule has 0 saturated heterocycles. The van der Waals surface area contributed by atoms with Crippen LogP contribution >= 0.6 is 0 Å². The SMILES string of the molecule is CCCC1CCC[C@H]1CC. The lowest BCUT2D eigenvalue weighted by Crippen LogP contribution is -2.05. The fourth-order valence-electron chi connectivity index (χ4n) is 2.40. The van der Waals surface area contributed by atoms with Gasteiger partial charge in [-0.1, -0.05) is 52.4 Å². The molecule has 1 aliphatic rings. The zero-order chi connectivity index (χ0) is 7.40. The molecule has 0 spiro atoms. The fourth-order valence-corrected chi connectivity index (χ4v) is 2.40. The Bertz CT molecular complexity index is 86.0. The van der Waals surface area contributed by atoms with Crippen molar-refractivity contribution in [3.63, 3.8) is 0 Å². The van der Waals surface area contributed by atoms with Crippen molar-refractivity contribution in [1.82, 2.24) is 0 Å². The predicted molar refractivity (Wildman–Crippen MR) is 46.0 cm³/mol. The van der Waals surface area contributed by atoms with Gasteiger partial charge in [-0.05, 0) is 11.8 Å². The van der Waals surface area contributed by atoms with Crippen LogP contribution in [-0.4, -0.2) is 0 Å². The van der Waals surface area contributed by atoms with Gasteiger partial charge in [-0.2, -0.15) is 0 Å². The summed E-state index contributed by atoms with van der Waals surface area (Å²) in [5.41, 5.74) is 0. The highest BCUT2D eigenvalue weighted by Gasteiger charge is 2.24. The third-order valence-electron chi connectivity index (χ3n) is 3.00. The molecule has 0 aromatic rings. The van der Waals surface area contributed by atoms with E-state index in [9.17, 15) is 0 Å². The highest BCUT2D eigenvalue weighted by molar-refractivity contribution is 4.75. The minimum Gasteiger partial charge on any atom is -0.0654 e. The summed E-state index contributed by atoms with van der Waals surface area (Å²) in [6.45, 7) is 4.66. The van der Waals surface area contributed by atoms with E-state index in [4.69, 9.17) is 0 Å². The van der Waals surface area contributed by atoms with Gasteiger partial charge >= 0.3 is 0 Å². The molecule has 0 aromatic carbocycles. The van der Waals surface area contributed by atoms with Gasteiger partial charge in [0.25, 0.3) is 0 Å². The minimum absolute atomic E-state index is 1.08. The molecule has 1 fully saturated rings. The van der Waals surface area contributed by atoms with E-state index in [0.717, 1.165) is 11.8 Å². The van der Waals surface area contributed by atoms with Crippen molar-refractivity contribution < 1.29 is 0 Å². The normalized spacial score (nSPS) is 33.0. The molecule has 2 atom stereocenters. The first-order chi connectivity index (χ1) is 4.88. The lowest BCUT2D eigenvalue weighted by atomic mass is 9.90. The number of hydrogen-bond acceptors (Lipinski definition) is 0. The Hall–Kier alpha value is 0. The van der Waals surface area contributed by atoms with Crippen molar-refractivity contribution in [1.29, 1.82) is 0 Å². The van der Waals surface area contributed by atoms with Crippen LogP contribution in [0.5, 0.6) is 0 Å². The molecule has 0 heteroatoms. The molecular formula is C10H20. The Morgan fingerprint density at radius 2 is 1.80 bits per heavy atom. The quantitative estimate of drug-likeness (QED) is 0.561. The van der Waals surface area contributed by atoms with Gasteiger partial charge in [-0.3, -0.25) is 0 Å². The van der Waals surface area contributed by atoms with Crippen LogP contribution in [-0.2, 0) is 0 Å². The van der Waals surface area contributed by atoms with Crippen LogP contribution in [0.1, 0.15) is 52.4 Å². The van der Waals surface area contributed by atoms with Crippen LogP contribution in [0, 0.1) is 11.8 Å². The first-order valence-corrected chi connectivity index (χ1v) is 4.88. The average Bonchev–Trinajstić information content (AvgIpc) is 2.36.